The lowest BCUT2D eigenvalue weighted by molar-refractivity contribution is -0.141. The number of aryl methyl sites for hydroxylation is 1. The molecule has 1 aromatic rings. The molecule has 0 aromatic heterocycles. The Morgan fingerprint density at radius 2 is 2.05 bits per heavy atom. The molecule has 1 heterocycles. The van der Waals surface area contributed by atoms with Crippen molar-refractivity contribution in [1.29, 1.82) is 0 Å². The second-order valence-corrected chi connectivity index (χ2v) is 7.03. The van der Waals surface area contributed by atoms with Gasteiger partial charge >= 0.3 is 5.97 Å². The Kier molecular flexibility index (Phi) is 4.82. The number of hydrogen-bond donors (Lipinski definition) is 1. The molecule has 1 unspecified atom stereocenters. The summed E-state index contributed by atoms with van der Waals surface area (Å²) >= 11 is 0. The van der Waals surface area contributed by atoms with Crippen LogP contribution >= 0.6 is 0 Å². The van der Waals surface area contributed by atoms with Crippen LogP contribution in [-0.4, -0.2) is 23.3 Å². The molecule has 1 N–H and O–H groups in total. The third kappa shape index (κ3) is 3.52. The Morgan fingerprint density at radius 1 is 1.27 bits per heavy atom. The summed E-state index contributed by atoms with van der Waals surface area (Å²) in [7, 11) is 0. The van der Waals surface area contributed by atoms with Crippen molar-refractivity contribution in [1.82, 2.24) is 0 Å². The van der Waals surface area contributed by atoms with Gasteiger partial charge in [-0.15, -0.1) is 0 Å². The van der Waals surface area contributed by atoms with E-state index >= 15 is 0 Å². The molecular formula is C19H26O3. The number of benzene rings is 1. The smallest absolute Gasteiger partial charge is 0.306 e. The van der Waals surface area contributed by atoms with Gasteiger partial charge in [-0.2, -0.15) is 0 Å². The van der Waals surface area contributed by atoms with Crippen LogP contribution in [0.2, 0.25) is 0 Å². The Balaban J connectivity index is 1.44. The van der Waals surface area contributed by atoms with Crippen molar-refractivity contribution >= 4 is 5.97 Å². The number of ether oxygens (including phenoxy) is 1. The highest BCUT2D eigenvalue weighted by molar-refractivity contribution is 5.72. The number of aliphatic hydroxyl groups is 1. The summed E-state index contributed by atoms with van der Waals surface area (Å²) in [5, 5.41) is 10.3. The van der Waals surface area contributed by atoms with Gasteiger partial charge < -0.3 is 9.84 Å². The molecule has 1 aromatic carbocycles. The lowest BCUT2D eigenvalue weighted by Gasteiger charge is -2.21. The maximum absolute atomic E-state index is 11.4. The Labute approximate surface area is 132 Å². The highest BCUT2D eigenvalue weighted by Crippen LogP contribution is 2.46. The van der Waals surface area contributed by atoms with Crippen LogP contribution in [-0.2, 0) is 16.0 Å². The van der Waals surface area contributed by atoms with Crippen molar-refractivity contribution in [3.05, 3.63) is 35.9 Å². The number of rotatable bonds is 6. The molecule has 0 amide bonds. The van der Waals surface area contributed by atoms with Crippen molar-refractivity contribution < 1.29 is 14.6 Å². The van der Waals surface area contributed by atoms with E-state index in [-0.39, 0.29) is 18.2 Å². The first-order chi connectivity index (χ1) is 10.6. The van der Waals surface area contributed by atoms with Crippen molar-refractivity contribution in [2.75, 3.05) is 0 Å². The molecule has 3 rings (SSSR count). The lowest BCUT2D eigenvalue weighted by atomic mass is 9.84. The van der Waals surface area contributed by atoms with Crippen molar-refractivity contribution in [3.8, 4) is 0 Å². The first-order valence-corrected chi connectivity index (χ1v) is 8.55. The largest absolute Gasteiger partial charge is 0.462 e. The standard InChI is InChI=1S/C19H26O3/c1-13-11-18-17(12-19(21)22-18)16(13)10-9-15(20)8-7-14-5-3-2-4-6-14/h2-6,13,15-18,20H,7-12H2,1H3/t13-,15+,16?,17-,18+/m1/s1. The van der Waals surface area contributed by atoms with Crippen LogP contribution in [0, 0.1) is 17.8 Å². The predicted molar refractivity (Wildman–Crippen MR) is 85.3 cm³/mol. The van der Waals surface area contributed by atoms with E-state index in [1.54, 1.807) is 0 Å². The SMILES string of the molecule is C[C@@H]1C[C@@H]2OC(=O)C[C@@H]2C1CC[C@@H](O)CCc1ccccc1. The van der Waals surface area contributed by atoms with Crippen LogP contribution in [0.3, 0.4) is 0 Å². The summed E-state index contributed by atoms with van der Waals surface area (Å²) < 4.78 is 5.40. The molecule has 1 saturated heterocycles. The van der Waals surface area contributed by atoms with Crippen LogP contribution in [0.5, 0.6) is 0 Å². The number of carbonyl (C=O) groups excluding carboxylic acids is 1. The third-order valence-electron chi connectivity index (χ3n) is 5.49. The Hall–Kier alpha value is -1.35. The highest BCUT2D eigenvalue weighted by atomic mass is 16.6. The summed E-state index contributed by atoms with van der Waals surface area (Å²) in [5.41, 5.74) is 1.28. The fourth-order valence-electron chi connectivity index (χ4n) is 4.25. The minimum absolute atomic E-state index is 0.0310. The number of fused-ring (bicyclic) bond motifs is 1. The molecule has 5 atom stereocenters. The zero-order valence-corrected chi connectivity index (χ0v) is 13.3. The second-order valence-electron chi connectivity index (χ2n) is 7.03. The fraction of sp³-hybridized carbons (Fsp3) is 0.632. The molecule has 1 aliphatic heterocycles. The number of esters is 1. The number of carbonyl (C=O) groups is 1. The molecule has 22 heavy (non-hydrogen) atoms. The molecule has 2 aliphatic rings. The zero-order valence-electron chi connectivity index (χ0n) is 13.3. The monoisotopic (exact) mass is 302 g/mol. The first-order valence-electron chi connectivity index (χ1n) is 8.55. The van der Waals surface area contributed by atoms with Gasteiger partial charge in [-0.25, -0.2) is 0 Å². The summed E-state index contributed by atoms with van der Waals surface area (Å²) in [4.78, 5) is 11.4. The quantitative estimate of drug-likeness (QED) is 0.820. The van der Waals surface area contributed by atoms with Crippen molar-refractivity contribution in [2.45, 2.75) is 57.7 Å². The molecule has 2 fully saturated rings. The normalized spacial score (nSPS) is 31.8. The molecule has 0 radical (unpaired) electrons. The number of aliphatic hydroxyl groups excluding tert-OH is 1. The number of hydrogen-bond acceptors (Lipinski definition) is 3. The van der Waals surface area contributed by atoms with Gasteiger partial charge in [-0.05, 0) is 49.5 Å². The van der Waals surface area contributed by atoms with Gasteiger partial charge in [-0.1, -0.05) is 37.3 Å². The van der Waals surface area contributed by atoms with E-state index in [0.717, 1.165) is 32.1 Å². The van der Waals surface area contributed by atoms with E-state index in [0.29, 0.717) is 24.2 Å². The predicted octanol–water partition coefficient (Wildman–Crippen LogP) is 3.35. The maximum atomic E-state index is 11.4. The minimum atomic E-state index is -0.246. The molecule has 1 aliphatic carbocycles. The van der Waals surface area contributed by atoms with Crippen molar-refractivity contribution in [3.63, 3.8) is 0 Å². The molecule has 0 bridgehead atoms. The van der Waals surface area contributed by atoms with Gasteiger partial charge in [0.05, 0.1) is 12.5 Å². The summed E-state index contributed by atoms with van der Waals surface area (Å²) in [6, 6.07) is 10.3. The van der Waals surface area contributed by atoms with E-state index in [1.165, 1.54) is 5.56 Å². The van der Waals surface area contributed by atoms with Gasteiger partial charge in [0.2, 0.25) is 0 Å². The average molecular weight is 302 g/mol. The van der Waals surface area contributed by atoms with Crippen molar-refractivity contribution in [2.24, 2.45) is 17.8 Å². The van der Waals surface area contributed by atoms with Crippen LogP contribution in [0.1, 0.15) is 44.6 Å². The summed E-state index contributed by atoms with van der Waals surface area (Å²) in [5.74, 6) is 1.49. The first kappa shape index (κ1) is 15.5. The topological polar surface area (TPSA) is 46.5 Å². The molecule has 3 heteroatoms. The van der Waals surface area contributed by atoms with E-state index in [4.69, 9.17) is 4.74 Å². The summed E-state index contributed by atoms with van der Waals surface area (Å²) in [6.45, 7) is 2.26. The summed E-state index contributed by atoms with van der Waals surface area (Å²) in [6.07, 6.45) is 5.07. The maximum Gasteiger partial charge on any atom is 0.306 e. The van der Waals surface area contributed by atoms with Crippen LogP contribution in [0.25, 0.3) is 0 Å². The van der Waals surface area contributed by atoms with Gasteiger partial charge in [-0.3, -0.25) is 4.79 Å². The highest BCUT2D eigenvalue weighted by Gasteiger charge is 2.47. The molecule has 120 valence electrons. The zero-order chi connectivity index (χ0) is 15.5. The van der Waals surface area contributed by atoms with E-state index in [2.05, 4.69) is 19.1 Å². The average Bonchev–Trinajstić information content (AvgIpc) is 2.99. The van der Waals surface area contributed by atoms with E-state index in [1.807, 2.05) is 18.2 Å². The second kappa shape index (κ2) is 6.82. The van der Waals surface area contributed by atoms with Crippen LogP contribution in [0.4, 0.5) is 0 Å². The van der Waals surface area contributed by atoms with E-state index in [9.17, 15) is 9.90 Å². The van der Waals surface area contributed by atoms with Gasteiger partial charge in [0.1, 0.15) is 6.10 Å². The van der Waals surface area contributed by atoms with E-state index < -0.39 is 0 Å². The van der Waals surface area contributed by atoms with Crippen LogP contribution in [0.15, 0.2) is 30.3 Å². The molecular weight excluding hydrogens is 276 g/mol. The lowest BCUT2D eigenvalue weighted by Crippen LogP contribution is -2.18. The third-order valence-corrected chi connectivity index (χ3v) is 5.49. The van der Waals surface area contributed by atoms with Gasteiger partial charge in [0, 0.05) is 5.92 Å². The molecule has 3 nitrogen and oxygen atoms in total. The van der Waals surface area contributed by atoms with Crippen LogP contribution < -0.4 is 0 Å². The fourth-order valence-corrected chi connectivity index (χ4v) is 4.25. The molecule has 1 saturated carbocycles. The van der Waals surface area contributed by atoms with Gasteiger partial charge in [0.15, 0.2) is 0 Å². The Bertz CT molecular complexity index is 499. The minimum Gasteiger partial charge on any atom is -0.462 e. The van der Waals surface area contributed by atoms with Gasteiger partial charge in [0.25, 0.3) is 0 Å². The Morgan fingerprint density at radius 3 is 2.82 bits per heavy atom. The molecule has 0 spiro atoms.